The Morgan fingerprint density at radius 1 is 1.40 bits per heavy atom. The average Bonchev–Trinajstić information content (AvgIpc) is 2.36. The van der Waals surface area contributed by atoms with Crippen molar-refractivity contribution in [2.24, 2.45) is 0 Å². The Labute approximate surface area is 120 Å². The summed E-state index contributed by atoms with van der Waals surface area (Å²) in [4.78, 5) is 14.0. The minimum absolute atomic E-state index is 0.147. The van der Waals surface area contributed by atoms with Crippen molar-refractivity contribution in [1.82, 2.24) is 0 Å². The summed E-state index contributed by atoms with van der Waals surface area (Å²) >= 11 is 0. The second-order valence-corrected chi connectivity index (χ2v) is 6.17. The number of aliphatic hydroxyl groups is 1. The highest BCUT2D eigenvalue weighted by atomic mass is 16.6. The van der Waals surface area contributed by atoms with Gasteiger partial charge in [0.1, 0.15) is 5.60 Å². The van der Waals surface area contributed by atoms with E-state index < -0.39 is 5.60 Å². The zero-order chi connectivity index (χ0) is 14.8. The Morgan fingerprint density at radius 3 is 2.80 bits per heavy atom. The standard InChI is InChI=1S/C16H23NO3/c1-16(2,3)20-15(19)17-9-4-5-13-11-12(8-10-18)6-7-14(13)17/h6-7,11,18H,4-5,8-10H2,1-3H3. The molecule has 0 spiro atoms. The molecule has 1 heterocycles. The van der Waals surface area contributed by atoms with Crippen LogP contribution in [0.5, 0.6) is 0 Å². The van der Waals surface area contributed by atoms with E-state index in [4.69, 9.17) is 9.84 Å². The van der Waals surface area contributed by atoms with Crippen LogP contribution in [0, 0.1) is 0 Å². The minimum atomic E-state index is -0.481. The molecule has 1 aliphatic heterocycles. The van der Waals surface area contributed by atoms with Crippen LogP contribution in [0.1, 0.15) is 38.3 Å². The maximum atomic E-state index is 12.3. The molecule has 1 aliphatic rings. The summed E-state index contributed by atoms with van der Waals surface area (Å²) in [6.45, 7) is 6.47. The molecule has 0 bridgehead atoms. The number of aryl methyl sites for hydroxylation is 1. The SMILES string of the molecule is CC(C)(C)OC(=O)N1CCCc2cc(CCO)ccc21. The van der Waals surface area contributed by atoms with E-state index in [1.165, 1.54) is 0 Å². The van der Waals surface area contributed by atoms with E-state index in [1.54, 1.807) is 4.90 Å². The Hall–Kier alpha value is -1.55. The van der Waals surface area contributed by atoms with Crippen LogP contribution in [0.15, 0.2) is 18.2 Å². The van der Waals surface area contributed by atoms with Gasteiger partial charge in [-0.05, 0) is 57.2 Å². The molecule has 0 radical (unpaired) electrons. The molecule has 0 aromatic heterocycles. The number of hydrogen-bond acceptors (Lipinski definition) is 3. The summed E-state index contributed by atoms with van der Waals surface area (Å²) in [5.74, 6) is 0. The summed E-state index contributed by atoms with van der Waals surface area (Å²) in [5, 5.41) is 9.01. The number of carbonyl (C=O) groups excluding carboxylic acids is 1. The van der Waals surface area contributed by atoms with Crippen LogP contribution < -0.4 is 4.90 Å². The highest BCUT2D eigenvalue weighted by molar-refractivity contribution is 5.89. The van der Waals surface area contributed by atoms with Crippen molar-refractivity contribution >= 4 is 11.8 Å². The van der Waals surface area contributed by atoms with Crippen LogP contribution in [-0.4, -0.2) is 30.0 Å². The Balaban J connectivity index is 2.22. The molecule has 0 fully saturated rings. The topological polar surface area (TPSA) is 49.8 Å². The quantitative estimate of drug-likeness (QED) is 0.904. The number of fused-ring (bicyclic) bond motifs is 1. The number of aliphatic hydroxyl groups excluding tert-OH is 1. The Bertz CT molecular complexity index is 491. The molecule has 4 heteroatoms. The molecule has 0 atom stereocenters. The van der Waals surface area contributed by atoms with E-state index in [2.05, 4.69) is 6.07 Å². The highest BCUT2D eigenvalue weighted by Gasteiger charge is 2.27. The predicted octanol–water partition coefficient (Wildman–Crippen LogP) is 2.91. The first-order chi connectivity index (χ1) is 9.40. The third-order valence-electron chi connectivity index (χ3n) is 3.28. The molecule has 110 valence electrons. The smallest absolute Gasteiger partial charge is 0.414 e. The lowest BCUT2D eigenvalue weighted by atomic mass is 9.98. The monoisotopic (exact) mass is 277 g/mol. The number of nitrogens with zero attached hydrogens (tertiary/aromatic N) is 1. The van der Waals surface area contributed by atoms with Gasteiger partial charge in [-0.1, -0.05) is 12.1 Å². The number of benzene rings is 1. The highest BCUT2D eigenvalue weighted by Crippen LogP contribution is 2.29. The molecule has 4 nitrogen and oxygen atoms in total. The maximum absolute atomic E-state index is 12.3. The van der Waals surface area contributed by atoms with Gasteiger partial charge in [-0.2, -0.15) is 0 Å². The van der Waals surface area contributed by atoms with Gasteiger partial charge in [-0.15, -0.1) is 0 Å². The van der Waals surface area contributed by atoms with E-state index in [0.717, 1.165) is 29.7 Å². The summed E-state index contributed by atoms with van der Waals surface area (Å²) in [6, 6.07) is 6.02. The van der Waals surface area contributed by atoms with Crippen LogP contribution in [0.25, 0.3) is 0 Å². The predicted molar refractivity (Wildman–Crippen MR) is 79.1 cm³/mol. The number of hydrogen-bond donors (Lipinski definition) is 1. The van der Waals surface area contributed by atoms with Gasteiger partial charge in [0.15, 0.2) is 0 Å². The molecule has 20 heavy (non-hydrogen) atoms. The van der Waals surface area contributed by atoms with Crippen molar-refractivity contribution in [3.63, 3.8) is 0 Å². The van der Waals surface area contributed by atoms with Crippen molar-refractivity contribution in [1.29, 1.82) is 0 Å². The van der Waals surface area contributed by atoms with Crippen LogP contribution in [0.4, 0.5) is 10.5 Å². The first-order valence-electron chi connectivity index (χ1n) is 7.14. The first-order valence-corrected chi connectivity index (χ1v) is 7.14. The van der Waals surface area contributed by atoms with Crippen molar-refractivity contribution in [3.05, 3.63) is 29.3 Å². The van der Waals surface area contributed by atoms with Gasteiger partial charge in [0.05, 0.1) is 5.69 Å². The number of amides is 1. The van der Waals surface area contributed by atoms with Crippen molar-refractivity contribution < 1.29 is 14.6 Å². The van der Waals surface area contributed by atoms with Crippen molar-refractivity contribution in [2.45, 2.75) is 45.6 Å². The molecule has 0 unspecified atom stereocenters. The summed E-state index contributed by atoms with van der Waals surface area (Å²) in [5.41, 5.74) is 2.73. The largest absolute Gasteiger partial charge is 0.443 e. The molecule has 1 aromatic carbocycles. The number of ether oxygens (including phenoxy) is 1. The van der Waals surface area contributed by atoms with E-state index in [0.29, 0.717) is 13.0 Å². The summed E-state index contributed by atoms with van der Waals surface area (Å²) in [7, 11) is 0. The lowest BCUT2D eigenvalue weighted by molar-refractivity contribution is 0.0578. The van der Waals surface area contributed by atoms with Gasteiger partial charge in [-0.25, -0.2) is 4.79 Å². The molecular formula is C16H23NO3. The zero-order valence-electron chi connectivity index (χ0n) is 12.5. The van der Waals surface area contributed by atoms with Crippen LogP contribution >= 0.6 is 0 Å². The zero-order valence-corrected chi connectivity index (χ0v) is 12.5. The van der Waals surface area contributed by atoms with Crippen LogP contribution in [0.3, 0.4) is 0 Å². The third kappa shape index (κ3) is 3.51. The fourth-order valence-electron chi connectivity index (χ4n) is 2.44. The van der Waals surface area contributed by atoms with Crippen molar-refractivity contribution in [3.8, 4) is 0 Å². The lowest BCUT2D eigenvalue weighted by Gasteiger charge is -2.32. The first kappa shape index (κ1) is 14.9. The molecule has 1 amide bonds. The number of anilines is 1. The average molecular weight is 277 g/mol. The fraction of sp³-hybridized carbons (Fsp3) is 0.562. The van der Waals surface area contributed by atoms with Crippen LogP contribution in [-0.2, 0) is 17.6 Å². The van der Waals surface area contributed by atoms with Crippen LogP contribution in [0.2, 0.25) is 0 Å². The minimum Gasteiger partial charge on any atom is -0.443 e. The summed E-state index contributed by atoms with van der Waals surface area (Å²) < 4.78 is 5.46. The molecule has 1 aromatic rings. The van der Waals surface area contributed by atoms with E-state index in [9.17, 15) is 4.79 Å². The van der Waals surface area contributed by atoms with Gasteiger partial charge in [0.2, 0.25) is 0 Å². The lowest BCUT2D eigenvalue weighted by Crippen LogP contribution is -2.39. The second-order valence-electron chi connectivity index (χ2n) is 6.17. The molecule has 1 N–H and O–H groups in total. The van der Waals surface area contributed by atoms with Gasteiger partial charge in [0, 0.05) is 13.2 Å². The van der Waals surface area contributed by atoms with E-state index in [1.807, 2.05) is 32.9 Å². The number of rotatable bonds is 2. The molecule has 0 aliphatic carbocycles. The van der Waals surface area contributed by atoms with E-state index in [-0.39, 0.29) is 12.7 Å². The maximum Gasteiger partial charge on any atom is 0.414 e. The van der Waals surface area contributed by atoms with E-state index >= 15 is 0 Å². The van der Waals surface area contributed by atoms with Gasteiger partial charge in [-0.3, -0.25) is 4.90 Å². The Kier molecular flexibility index (Phi) is 4.33. The third-order valence-corrected chi connectivity index (χ3v) is 3.28. The van der Waals surface area contributed by atoms with Gasteiger partial charge < -0.3 is 9.84 Å². The Morgan fingerprint density at radius 2 is 2.15 bits per heavy atom. The van der Waals surface area contributed by atoms with Gasteiger partial charge in [0.25, 0.3) is 0 Å². The normalized spacial score (nSPS) is 14.9. The molecular weight excluding hydrogens is 254 g/mol. The fourth-order valence-corrected chi connectivity index (χ4v) is 2.44. The molecule has 0 saturated heterocycles. The summed E-state index contributed by atoms with van der Waals surface area (Å²) in [6.07, 6.45) is 2.27. The molecule has 0 saturated carbocycles. The molecule has 2 rings (SSSR count). The number of carbonyl (C=O) groups is 1. The van der Waals surface area contributed by atoms with Gasteiger partial charge >= 0.3 is 6.09 Å². The van der Waals surface area contributed by atoms with Crippen molar-refractivity contribution in [2.75, 3.05) is 18.1 Å². The second kappa shape index (κ2) is 5.83.